The van der Waals surface area contributed by atoms with Gasteiger partial charge in [0.25, 0.3) is 0 Å². The lowest BCUT2D eigenvalue weighted by Gasteiger charge is -2.09. The van der Waals surface area contributed by atoms with E-state index in [0.29, 0.717) is 12.4 Å². The van der Waals surface area contributed by atoms with E-state index >= 15 is 0 Å². The second-order valence-electron chi connectivity index (χ2n) is 4.05. The summed E-state index contributed by atoms with van der Waals surface area (Å²) < 4.78 is 1.82. The molecule has 1 aromatic heterocycles. The number of carbonyl (C=O) groups is 1. The van der Waals surface area contributed by atoms with Crippen molar-refractivity contribution >= 4 is 17.5 Å². The molecule has 0 aliphatic heterocycles. The van der Waals surface area contributed by atoms with Gasteiger partial charge in [-0.2, -0.15) is 5.10 Å². The van der Waals surface area contributed by atoms with Crippen LogP contribution in [-0.2, 0) is 18.4 Å². The molecule has 0 saturated carbocycles. The third-order valence-electron chi connectivity index (χ3n) is 2.78. The van der Waals surface area contributed by atoms with Gasteiger partial charge < -0.3 is 5.32 Å². The van der Waals surface area contributed by atoms with E-state index in [4.69, 9.17) is 11.6 Å². The fraction of sp³-hybridized carbons (Fsp3) is 0.636. The van der Waals surface area contributed by atoms with Crippen molar-refractivity contribution in [1.29, 1.82) is 0 Å². The SMILES string of the molecule is Cc1nn(C)c(C)c1CNC(=O)C(C)CCl. The molecule has 0 bridgehead atoms. The number of hydrogen-bond donors (Lipinski definition) is 1. The second-order valence-corrected chi connectivity index (χ2v) is 4.35. The first-order valence-corrected chi connectivity index (χ1v) is 5.83. The van der Waals surface area contributed by atoms with E-state index in [1.165, 1.54) is 0 Å². The zero-order chi connectivity index (χ0) is 12.3. The smallest absolute Gasteiger partial charge is 0.224 e. The molecule has 0 aliphatic rings. The molecule has 1 atom stereocenters. The molecule has 1 amide bonds. The third-order valence-corrected chi connectivity index (χ3v) is 3.24. The van der Waals surface area contributed by atoms with E-state index in [1.54, 1.807) is 0 Å². The number of carbonyl (C=O) groups excluding carboxylic acids is 1. The summed E-state index contributed by atoms with van der Waals surface area (Å²) in [7, 11) is 1.90. The van der Waals surface area contributed by atoms with Crippen LogP contribution in [0.1, 0.15) is 23.9 Å². The third kappa shape index (κ3) is 2.76. The first-order chi connectivity index (χ1) is 7.47. The molecule has 0 radical (unpaired) electrons. The Balaban J connectivity index is 2.65. The van der Waals surface area contributed by atoms with Crippen LogP contribution in [-0.4, -0.2) is 21.6 Å². The Hall–Kier alpha value is -1.03. The molecule has 1 heterocycles. The molecule has 1 aromatic rings. The fourth-order valence-electron chi connectivity index (χ4n) is 1.49. The molecule has 0 aromatic carbocycles. The summed E-state index contributed by atoms with van der Waals surface area (Å²) in [5.74, 6) is 0.174. The van der Waals surface area contributed by atoms with Crippen LogP contribution in [0.3, 0.4) is 0 Å². The van der Waals surface area contributed by atoms with Gasteiger partial charge in [0.1, 0.15) is 0 Å². The number of alkyl halides is 1. The average molecular weight is 244 g/mol. The van der Waals surface area contributed by atoms with Crippen molar-refractivity contribution in [3.63, 3.8) is 0 Å². The lowest BCUT2D eigenvalue weighted by molar-refractivity contribution is -0.124. The Kier molecular flexibility index (Phi) is 4.35. The van der Waals surface area contributed by atoms with Gasteiger partial charge in [0.05, 0.1) is 5.69 Å². The van der Waals surface area contributed by atoms with Gasteiger partial charge >= 0.3 is 0 Å². The molecule has 0 fully saturated rings. The van der Waals surface area contributed by atoms with Crippen molar-refractivity contribution in [3.05, 3.63) is 17.0 Å². The molecule has 1 N–H and O–H groups in total. The molecule has 16 heavy (non-hydrogen) atoms. The molecule has 5 heteroatoms. The summed E-state index contributed by atoms with van der Waals surface area (Å²) in [5, 5.41) is 7.16. The lowest BCUT2D eigenvalue weighted by atomic mass is 10.1. The van der Waals surface area contributed by atoms with E-state index in [9.17, 15) is 4.79 Å². The molecular formula is C11H18ClN3O. The van der Waals surface area contributed by atoms with Gasteiger partial charge in [-0.25, -0.2) is 0 Å². The zero-order valence-corrected chi connectivity index (χ0v) is 10.9. The molecule has 4 nitrogen and oxygen atoms in total. The van der Waals surface area contributed by atoms with Crippen LogP contribution in [0, 0.1) is 19.8 Å². The number of rotatable bonds is 4. The van der Waals surface area contributed by atoms with Crippen LogP contribution in [0.25, 0.3) is 0 Å². The number of amides is 1. The van der Waals surface area contributed by atoms with Crippen molar-refractivity contribution in [2.24, 2.45) is 13.0 Å². The number of aromatic nitrogens is 2. The van der Waals surface area contributed by atoms with E-state index in [-0.39, 0.29) is 11.8 Å². The predicted octanol–water partition coefficient (Wildman–Crippen LogP) is 1.53. The maximum atomic E-state index is 11.6. The largest absolute Gasteiger partial charge is 0.352 e. The zero-order valence-electron chi connectivity index (χ0n) is 10.2. The molecule has 0 aliphatic carbocycles. The summed E-state index contributed by atoms with van der Waals surface area (Å²) >= 11 is 5.62. The number of nitrogens with zero attached hydrogens (tertiary/aromatic N) is 2. The van der Waals surface area contributed by atoms with Crippen LogP contribution in [0.15, 0.2) is 0 Å². The first-order valence-electron chi connectivity index (χ1n) is 5.30. The highest BCUT2D eigenvalue weighted by Crippen LogP contribution is 2.11. The summed E-state index contributed by atoms with van der Waals surface area (Å²) in [6.07, 6.45) is 0. The monoisotopic (exact) mass is 243 g/mol. The van der Waals surface area contributed by atoms with Crippen LogP contribution in [0.2, 0.25) is 0 Å². The minimum absolute atomic E-state index is 0.0161. The van der Waals surface area contributed by atoms with Crippen molar-refractivity contribution in [2.45, 2.75) is 27.3 Å². The van der Waals surface area contributed by atoms with Crippen molar-refractivity contribution < 1.29 is 4.79 Å². The highest BCUT2D eigenvalue weighted by Gasteiger charge is 2.14. The Morgan fingerprint density at radius 3 is 2.62 bits per heavy atom. The normalized spacial score (nSPS) is 12.6. The lowest BCUT2D eigenvalue weighted by Crippen LogP contribution is -2.29. The second kappa shape index (κ2) is 5.34. The Bertz CT molecular complexity index is 387. The first kappa shape index (κ1) is 13.0. The van der Waals surface area contributed by atoms with Gasteiger partial charge in [0, 0.05) is 36.6 Å². The number of hydrogen-bond acceptors (Lipinski definition) is 2. The summed E-state index contributed by atoms with van der Waals surface area (Å²) in [5.41, 5.74) is 3.12. The van der Waals surface area contributed by atoms with E-state index in [1.807, 2.05) is 32.5 Å². The number of aryl methyl sites for hydroxylation is 2. The molecular weight excluding hydrogens is 226 g/mol. The number of halogens is 1. The van der Waals surface area contributed by atoms with Gasteiger partial charge in [-0.05, 0) is 13.8 Å². The molecule has 1 rings (SSSR count). The van der Waals surface area contributed by atoms with E-state index in [2.05, 4.69) is 10.4 Å². The Labute approximate surface area is 101 Å². The highest BCUT2D eigenvalue weighted by molar-refractivity contribution is 6.19. The maximum absolute atomic E-state index is 11.6. The topological polar surface area (TPSA) is 46.9 Å². The van der Waals surface area contributed by atoms with Crippen molar-refractivity contribution in [2.75, 3.05) is 5.88 Å². The van der Waals surface area contributed by atoms with Crippen molar-refractivity contribution in [1.82, 2.24) is 15.1 Å². The van der Waals surface area contributed by atoms with Gasteiger partial charge in [0.15, 0.2) is 0 Å². The number of nitrogens with one attached hydrogen (secondary N) is 1. The summed E-state index contributed by atoms with van der Waals surface area (Å²) in [6, 6.07) is 0. The van der Waals surface area contributed by atoms with Gasteiger partial charge in [-0.3, -0.25) is 9.48 Å². The predicted molar refractivity (Wildman–Crippen MR) is 64.4 cm³/mol. The maximum Gasteiger partial charge on any atom is 0.224 e. The summed E-state index contributed by atoms with van der Waals surface area (Å²) in [6.45, 7) is 6.27. The van der Waals surface area contributed by atoms with Gasteiger partial charge in [-0.15, -0.1) is 11.6 Å². The Morgan fingerprint density at radius 1 is 1.56 bits per heavy atom. The summed E-state index contributed by atoms with van der Waals surface area (Å²) in [4.78, 5) is 11.6. The van der Waals surface area contributed by atoms with E-state index in [0.717, 1.165) is 17.0 Å². The van der Waals surface area contributed by atoms with Crippen LogP contribution < -0.4 is 5.32 Å². The molecule has 1 unspecified atom stereocenters. The molecule has 0 spiro atoms. The van der Waals surface area contributed by atoms with Gasteiger partial charge in [-0.1, -0.05) is 6.92 Å². The van der Waals surface area contributed by atoms with Crippen LogP contribution in [0.4, 0.5) is 0 Å². The highest BCUT2D eigenvalue weighted by atomic mass is 35.5. The minimum atomic E-state index is -0.154. The molecule has 90 valence electrons. The Morgan fingerprint density at radius 2 is 2.19 bits per heavy atom. The fourth-order valence-corrected chi connectivity index (χ4v) is 1.63. The molecule has 0 saturated heterocycles. The van der Waals surface area contributed by atoms with Crippen LogP contribution in [0.5, 0.6) is 0 Å². The average Bonchev–Trinajstić information content (AvgIpc) is 2.49. The van der Waals surface area contributed by atoms with E-state index < -0.39 is 0 Å². The standard InChI is InChI=1S/C11H18ClN3O/c1-7(5-12)11(16)13-6-10-8(2)14-15(4)9(10)3/h7H,5-6H2,1-4H3,(H,13,16). The quantitative estimate of drug-likeness (QED) is 0.816. The van der Waals surface area contributed by atoms with Crippen LogP contribution >= 0.6 is 11.6 Å². The van der Waals surface area contributed by atoms with Gasteiger partial charge in [0.2, 0.25) is 5.91 Å². The minimum Gasteiger partial charge on any atom is -0.352 e. The van der Waals surface area contributed by atoms with Crippen molar-refractivity contribution in [3.8, 4) is 0 Å².